The molecule has 23 heavy (non-hydrogen) atoms. The van der Waals surface area contributed by atoms with Crippen LogP contribution in [0.3, 0.4) is 0 Å². The van der Waals surface area contributed by atoms with E-state index in [1.165, 1.54) is 6.08 Å². The summed E-state index contributed by atoms with van der Waals surface area (Å²) in [5, 5.41) is 14.1. The molecule has 0 aliphatic carbocycles. The van der Waals surface area contributed by atoms with E-state index in [1.807, 2.05) is 12.1 Å². The largest absolute Gasteiger partial charge is 0.480 e. The van der Waals surface area contributed by atoms with Crippen LogP contribution in [0, 0.1) is 0 Å². The zero-order chi connectivity index (χ0) is 16.5. The Morgan fingerprint density at radius 2 is 1.96 bits per heavy atom. The Balaban J connectivity index is 1.82. The van der Waals surface area contributed by atoms with Crippen LogP contribution in [0.4, 0.5) is 5.69 Å². The van der Waals surface area contributed by atoms with Crippen LogP contribution in [0.15, 0.2) is 54.9 Å². The van der Waals surface area contributed by atoms with Crippen LogP contribution >= 0.6 is 0 Å². The molecular weight excluding hydrogens is 294 g/mol. The van der Waals surface area contributed by atoms with Crippen molar-refractivity contribution in [3.8, 4) is 0 Å². The summed E-state index contributed by atoms with van der Waals surface area (Å²) in [7, 11) is 0. The van der Waals surface area contributed by atoms with Crippen molar-refractivity contribution < 1.29 is 14.7 Å². The third-order valence-electron chi connectivity index (χ3n) is 2.97. The average molecular weight is 311 g/mol. The summed E-state index contributed by atoms with van der Waals surface area (Å²) in [6, 6.07) is 10.8. The smallest absolute Gasteiger partial charge is 0.322 e. The summed E-state index contributed by atoms with van der Waals surface area (Å²) < 4.78 is 0. The first-order valence-electron chi connectivity index (χ1n) is 7.04. The van der Waals surface area contributed by atoms with Crippen molar-refractivity contribution in [1.29, 1.82) is 0 Å². The number of nitrogens with one attached hydrogen (secondary N) is 2. The van der Waals surface area contributed by atoms with Crippen molar-refractivity contribution in [2.45, 2.75) is 6.54 Å². The van der Waals surface area contributed by atoms with Crippen LogP contribution in [0.2, 0.25) is 0 Å². The van der Waals surface area contributed by atoms with Gasteiger partial charge >= 0.3 is 5.97 Å². The molecule has 2 rings (SSSR count). The SMILES string of the molecule is O=C(O)CNc1ccc(C=CC(=O)NCc2cccnc2)cc1. The minimum atomic E-state index is -0.917. The van der Waals surface area contributed by atoms with Gasteiger partial charge in [0.05, 0.1) is 0 Å². The van der Waals surface area contributed by atoms with E-state index < -0.39 is 5.97 Å². The number of rotatable bonds is 7. The average Bonchev–Trinajstić information content (AvgIpc) is 2.58. The zero-order valence-electron chi connectivity index (χ0n) is 12.4. The first kappa shape index (κ1) is 16.2. The van der Waals surface area contributed by atoms with Gasteiger partial charge in [0.2, 0.25) is 5.91 Å². The Morgan fingerprint density at radius 3 is 2.61 bits per heavy atom. The lowest BCUT2D eigenvalue weighted by atomic mass is 10.2. The van der Waals surface area contributed by atoms with Gasteiger partial charge in [0.1, 0.15) is 6.54 Å². The highest BCUT2D eigenvalue weighted by Gasteiger charge is 1.98. The van der Waals surface area contributed by atoms with E-state index >= 15 is 0 Å². The Kier molecular flexibility index (Phi) is 5.88. The van der Waals surface area contributed by atoms with Gasteiger partial charge in [-0.05, 0) is 35.4 Å². The van der Waals surface area contributed by atoms with E-state index in [0.29, 0.717) is 12.2 Å². The van der Waals surface area contributed by atoms with Crippen LogP contribution < -0.4 is 10.6 Å². The number of amides is 1. The van der Waals surface area contributed by atoms with Gasteiger partial charge in [-0.15, -0.1) is 0 Å². The number of benzene rings is 1. The maximum Gasteiger partial charge on any atom is 0.322 e. The van der Waals surface area contributed by atoms with E-state index in [1.54, 1.807) is 42.7 Å². The molecule has 6 nitrogen and oxygen atoms in total. The topological polar surface area (TPSA) is 91.3 Å². The van der Waals surface area contributed by atoms with Crippen molar-refractivity contribution in [3.63, 3.8) is 0 Å². The number of aromatic nitrogens is 1. The molecule has 0 aliphatic rings. The van der Waals surface area contributed by atoms with Gasteiger partial charge in [-0.1, -0.05) is 18.2 Å². The third-order valence-corrected chi connectivity index (χ3v) is 2.97. The lowest BCUT2D eigenvalue weighted by molar-refractivity contribution is -0.135. The summed E-state index contributed by atoms with van der Waals surface area (Å²) >= 11 is 0. The molecule has 2 aromatic rings. The molecule has 0 saturated carbocycles. The molecule has 0 spiro atoms. The van der Waals surface area contributed by atoms with Crippen LogP contribution in [-0.4, -0.2) is 28.5 Å². The number of carbonyl (C=O) groups excluding carboxylic acids is 1. The highest BCUT2D eigenvalue weighted by atomic mass is 16.4. The van der Waals surface area contributed by atoms with E-state index in [2.05, 4.69) is 15.6 Å². The number of aliphatic carboxylic acids is 1. The first-order valence-corrected chi connectivity index (χ1v) is 7.04. The number of hydrogen-bond donors (Lipinski definition) is 3. The van der Waals surface area contributed by atoms with Gasteiger partial charge in [-0.25, -0.2) is 0 Å². The van der Waals surface area contributed by atoms with Crippen LogP contribution in [0.25, 0.3) is 6.08 Å². The van der Waals surface area contributed by atoms with E-state index in [-0.39, 0.29) is 12.5 Å². The molecule has 1 heterocycles. The molecule has 1 amide bonds. The van der Waals surface area contributed by atoms with Crippen LogP contribution in [0.5, 0.6) is 0 Å². The summed E-state index contributed by atoms with van der Waals surface area (Å²) in [6.45, 7) is 0.293. The number of carboxylic acids is 1. The fourth-order valence-corrected chi connectivity index (χ4v) is 1.81. The molecule has 1 aromatic carbocycles. The predicted molar refractivity (Wildman–Crippen MR) is 87.7 cm³/mol. The van der Waals surface area contributed by atoms with E-state index in [9.17, 15) is 9.59 Å². The Bertz CT molecular complexity index is 682. The molecule has 0 saturated heterocycles. The van der Waals surface area contributed by atoms with Crippen molar-refractivity contribution in [2.75, 3.05) is 11.9 Å². The van der Waals surface area contributed by atoms with Crippen molar-refractivity contribution >= 4 is 23.6 Å². The number of carbonyl (C=O) groups is 2. The van der Waals surface area contributed by atoms with Crippen molar-refractivity contribution in [1.82, 2.24) is 10.3 Å². The van der Waals surface area contributed by atoms with Gasteiger partial charge in [0, 0.05) is 30.7 Å². The fraction of sp³-hybridized carbons (Fsp3) is 0.118. The minimum Gasteiger partial charge on any atom is -0.480 e. The molecule has 3 N–H and O–H groups in total. The number of carboxylic acid groups (broad SMARTS) is 1. The molecule has 0 aliphatic heterocycles. The molecule has 0 unspecified atom stereocenters. The molecule has 0 bridgehead atoms. The minimum absolute atomic E-state index is 0.133. The lowest BCUT2D eigenvalue weighted by Gasteiger charge is -2.03. The summed E-state index contributed by atoms with van der Waals surface area (Å²) in [6.07, 6.45) is 6.53. The molecule has 1 aromatic heterocycles. The van der Waals surface area contributed by atoms with Gasteiger partial charge in [0.25, 0.3) is 0 Å². The Hall–Kier alpha value is -3.15. The van der Waals surface area contributed by atoms with E-state index in [4.69, 9.17) is 5.11 Å². The third kappa shape index (κ3) is 6.01. The molecule has 6 heteroatoms. The highest BCUT2D eigenvalue weighted by molar-refractivity contribution is 5.91. The monoisotopic (exact) mass is 311 g/mol. The van der Waals surface area contributed by atoms with E-state index in [0.717, 1.165) is 11.1 Å². The van der Waals surface area contributed by atoms with Crippen molar-refractivity contribution in [2.24, 2.45) is 0 Å². The summed E-state index contributed by atoms with van der Waals surface area (Å²) in [4.78, 5) is 26.2. The summed E-state index contributed by atoms with van der Waals surface area (Å²) in [5.74, 6) is -1.11. The van der Waals surface area contributed by atoms with Gasteiger partial charge in [-0.3, -0.25) is 14.6 Å². The molecular formula is C17H17N3O3. The highest BCUT2D eigenvalue weighted by Crippen LogP contribution is 2.10. The second-order valence-corrected chi connectivity index (χ2v) is 4.78. The molecule has 0 fully saturated rings. The normalized spacial score (nSPS) is 10.4. The lowest BCUT2D eigenvalue weighted by Crippen LogP contribution is -2.20. The Labute approximate surface area is 133 Å². The number of pyridine rings is 1. The predicted octanol–water partition coefficient (Wildman–Crippen LogP) is 1.91. The Morgan fingerprint density at radius 1 is 1.17 bits per heavy atom. The number of hydrogen-bond acceptors (Lipinski definition) is 4. The standard InChI is InChI=1S/C17H17N3O3/c21-16(20-11-14-2-1-9-18-10-14)8-5-13-3-6-15(7-4-13)19-12-17(22)23/h1-10,19H,11-12H2,(H,20,21)(H,22,23). The fourth-order valence-electron chi connectivity index (χ4n) is 1.81. The molecule has 0 radical (unpaired) electrons. The second-order valence-electron chi connectivity index (χ2n) is 4.78. The van der Waals surface area contributed by atoms with Crippen molar-refractivity contribution in [3.05, 3.63) is 66.0 Å². The maximum atomic E-state index is 11.7. The van der Waals surface area contributed by atoms with Crippen LogP contribution in [-0.2, 0) is 16.1 Å². The maximum absolute atomic E-state index is 11.7. The second kappa shape index (κ2) is 8.33. The van der Waals surface area contributed by atoms with Gasteiger partial charge in [0.15, 0.2) is 0 Å². The van der Waals surface area contributed by atoms with Gasteiger partial charge in [-0.2, -0.15) is 0 Å². The number of anilines is 1. The zero-order valence-corrected chi connectivity index (χ0v) is 12.4. The molecule has 118 valence electrons. The summed E-state index contributed by atoms with van der Waals surface area (Å²) in [5.41, 5.74) is 2.50. The molecule has 0 atom stereocenters. The number of nitrogens with zero attached hydrogens (tertiary/aromatic N) is 1. The first-order chi connectivity index (χ1) is 11.1. The van der Waals surface area contributed by atoms with Crippen LogP contribution in [0.1, 0.15) is 11.1 Å². The quantitative estimate of drug-likeness (QED) is 0.679. The van der Waals surface area contributed by atoms with Gasteiger partial charge < -0.3 is 15.7 Å².